The molecule has 0 aromatic carbocycles. The van der Waals surface area contributed by atoms with Crippen LogP contribution in [0.1, 0.15) is 12.1 Å². The van der Waals surface area contributed by atoms with E-state index in [1.807, 2.05) is 19.1 Å². The van der Waals surface area contributed by atoms with E-state index in [4.69, 9.17) is 22.1 Å². The molecule has 1 aromatic rings. The summed E-state index contributed by atoms with van der Waals surface area (Å²) in [5.41, 5.74) is 6.21. The van der Waals surface area contributed by atoms with Crippen LogP contribution in [0.4, 0.5) is 0 Å². The Morgan fingerprint density at radius 1 is 1.54 bits per heavy atom. The smallest absolute Gasteiger partial charge is 0.171 e. The molecule has 0 aliphatic heterocycles. The maximum Gasteiger partial charge on any atom is 0.171 e. The van der Waals surface area contributed by atoms with Gasteiger partial charge in [-0.3, -0.25) is 0 Å². The standard InChI is InChI=1S/C9H13ClN2O/c1-7-3-4-8(9(10)12-7)13-6-2-5-11/h3-4H,2,5-6,11H2,1H3. The number of hydrogen-bond donors (Lipinski definition) is 1. The van der Waals surface area contributed by atoms with Gasteiger partial charge in [-0.05, 0) is 32.0 Å². The van der Waals surface area contributed by atoms with Crippen LogP contribution in [0.3, 0.4) is 0 Å². The van der Waals surface area contributed by atoms with Gasteiger partial charge in [0.2, 0.25) is 0 Å². The van der Waals surface area contributed by atoms with Crippen LogP contribution in [0.2, 0.25) is 5.15 Å². The molecule has 0 radical (unpaired) electrons. The predicted octanol–water partition coefficient (Wildman–Crippen LogP) is 1.77. The van der Waals surface area contributed by atoms with Gasteiger partial charge in [-0.15, -0.1) is 0 Å². The highest BCUT2D eigenvalue weighted by Crippen LogP contribution is 2.21. The second kappa shape index (κ2) is 5.04. The van der Waals surface area contributed by atoms with Gasteiger partial charge >= 0.3 is 0 Å². The van der Waals surface area contributed by atoms with Gasteiger partial charge in [0.15, 0.2) is 10.9 Å². The van der Waals surface area contributed by atoms with Gasteiger partial charge in [-0.2, -0.15) is 0 Å². The molecule has 0 saturated carbocycles. The van der Waals surface area contributed by atoms with Crippen molar-refractivity contribution in [2.75, 3.05) is 13.2 Å². The zero-order chi connectivity index (χ0) is 9.68. The van der Waals surface area contributed by atoms with Crippen LogP contribution in [-0.2, 0) is 0 Å². The van der Waals surface area contributed by atoms with E-state index in [2.05, 4.69) is 4.98 Å². The Morgan fingerprint density at radius 2 is 2.31 bits per heavy atom. The Morgan fingerprint density at radius 3 is 2.92 bits per heavy atom. The summed E-state index contributed by atoms with van der Waals surface area (Å²) in [6.45, 7) is 3.09. The Labute approximate surface area is 82.9 Å². The van der Waals surface area contributed by atoms with Crippen molar-refractivity contribution in [2.24, 2.45) is 5.73 Å². The molecule has 72 valence electrons. The Balaban J connectivity index is 2.56. The maximum absolute atomic E-state index is 5.84. The molecule has 3 nitrogen and oxygen atoms in total. The third kappa shape index (κ3) is 3.20. The molecule has 0 unspecified atom stereocenters. The number of aromatic nitrogens is 1. The van der Waals surface area contributed by atoms with Gasteiger partial charge in [0, 0.05) is 5.69 Å². The van der Waals surface area contributed by atoms with Crippen molar-refractivity contribution in [3.05, 3.63) is 23.0 Å². The molecule has 13 heavy (non-hydrogen) atoms. The lowest BCUT2D eigenvalue weighted by Gasteiger charge is -2.06. The van der Waals surface area contributed by atoms with Crippen LogP contribution in [0.25, 0.3) is 0 Å². The first-order valence-electron chi connectivity index (χ1n) is 4.20. The molecule has 0 aliphatic rings. The highest BCUT2D eigenvalue weighted by molar-refractivity contribution is 6.30. The summed E-state index contributed by atoms with van der Waals surface area (Å²) in [6, 6.07) is 3.69. The molecule has 0 spiro atoms. The summed E-state index contributed by atoms with van der Waals surface area (Å²) in [5.74, 6) is 0.626. The monoisotopic (exact) mass is 200 g/mol. The number of halogens is 1. The van der Waals surface area contributed by atoms with Crippen LogP contribution < -0.4 is 10.5 Å². The van der Waals surface area contributed by atoms with Crippen molar-refractivity contribution < 1.29 is 4.74 Å². The average Bonchev–Trinajstić information content (AvgIpc) is 2.09. The second-order valence-corrected chi connectivity index (χ2v) is 3.09. The number of nitrogens with two attached hydrogens (primary N) is 1. The molecule has 0 bridgehead atoms. The SMILES string of the molecule is Cc1ccc(OCCCN)c(Cl)n1. The van der Waals surface area contributed by atoms with Crippen LogP contribution in [0.15, 0.2) is 12.1 Å². The topological polar surface area (TPSA) is 48.1 Å². The lowest BCUT2D eigenvalue weighted by Crippen LogP contribution is -2.06. The molecular formula is C9H13ClN2O. The van der Waals surface area contributed by atoms with E-state index in [9.17, 15) is 0 Å². The maximum atomic E-state index is 5.84. The van der Waals surface area contributed by atoms with Crippen molar-refractivity contribution in [3.8, 4) is 5.75 Å². The average molecular weight is 201 g/mol. The summed E-state index contributed by atoms with van der Waals surface area (Å²) in [6.07, 6.45) is 0.824. The Bertz CT molecular complexity index is 278. The van der Waals surface area contributed by atoms with E-state index in [0.29, 0.717) is 24.1 Å². The Kier molecular flexibility index (Phi) is 3.99. The van der Waals surface area contributed by atoms with Crippen LogP contribution in [0, 0.1) is 6.92 Å². The van der Waals surface area contributed by atoms with Gasteiger partial charge in [-0.1, -0.05) is 11.6 Å². The van der Waals surface area contributed by atoms with Crippen molar-refractivity contribution in [1.82, 2.24) is 4.98 Å². The largest absolute Gasteiger partial charge is 0.490 e. The van der Waals surface area contributed by atoms with E-state index in [1.54, 1.807) is 0 Å². The van der Waals surface area contributed by atoms with E-state index in [1.165, 1.54) is 0 Å². The van der Waals surface area contributed by atoms with Crippen molar-refractivity contribution in [1.29, 1.82) is 0 Å². The molecular weight excluding hydrogens is 188 g/mol. The third-order valence-corrected chi connectivity index (χ3v) is 1.83. The lowest BCUT2D eigenvalue weighted by molar-refractivity contribution is 0.312. The quantitative estimate of drug-likeness (QED) is 0.595. The van der Waals surface area contributed by atoms with E-state index in [-0.39, 0.29) is 0 Å². The third-order valence-electron chi connectivity index (χ3n) is 1.56. The number of rotatable bonds is 4. The predicted molar refractivity (Wildman–Crippen MR) is 53.2 cm³/mol. The molecule has 4 heteroatoms. The van der Waals surface area contributed by atoms with Gasteiger partial charge in [0.1, 0.15) is 0 Å². The number of aryl methyl sites for hydroxylation is 1. The number of nitrogens with zero attached hydrogens (tertiary/aromatic N) is 1. The van der Waals surface area contributed by atoms with Gasteiger partial charge in [0.25, 0.3) is 0 Å². The lowest BCUT2D eigenvalue weighted by atomic mass is 10.4. The minimum absolute atomic E-state index is 0.414. The fourth-order valence-corrected chi connectivity index (χ4v) is 1.14. The fourth-order valence-electron chi connectivity index (χ4n) is 0.885. The highest BCUT2D eigenvalue weighted by Gasteiger charge is 2.01. The summed E-state index contributed by atoms with van der Waals surface area (Å²) >= 11 is 5.84. The molecule has 1 heterocycles. The van der Waals surface area contributed by atoms with Crippen molar-refractivity contribution >= 4 is 11.6 Å². The highest BCUT2D eigenvalue weighted by atomic mass is 35.5. The normalized spacial score (nSPS) is 10.1. The molecule has 0 amide bonds. The molecule has 0 atom stereocenters. The minimum Gasteiger partial charge on any atom is -0.490 e. The molecule has 0 aliphatic carbocycles. The zero-order valence-electron chi connectivity index (χ0n) is 7.59. The fraction of sp³-hybridized carbons (Fsp3) is 0.444. The van der Waals surface area contributed by atoms with Gasteiger partial charge in [-0.25, -0.2) is 4.98 Å². The zero-order valence-corrected chi connectivity index (χ0v) is 8.34. The number of ether oxygens (including phenoxy) is 1. The molecule has 0 saturated heterocycles. The summed E-state index contributed by atoms with van der Waals surface area (Å²) in [5, 5.41) is 0.414. The summed E-state index contributed by atoms with van der Waals surface area (Å²) in [4.78, 5) is 4.06. The molecule has 1 rings (SSSR count). The summed E-state index contributed by atoms with van der Waals surface area (Å²) < 4.78 is 5.36. The number of hydrogen-bond acceptors (Lipinski definition) is 3. The Hall–Kier alpha value is -0.800. The molecule has 0 fully saturated rings. The van der Waals surface area contributed by atoms with Crippen LogP contribution >= 0.6 is 11.6 Å². The molecule has 1 aromatic heterocycles. The first kappa shape index (κ1) is 10.3. The first-order valence-corrected chi connectivity index (χ1v) is 4.58. The van der Waals surface area contributed by atoms with Gasteiger partial charge < -0.3 is 10.5 Å². The van der Waals surface area contributed by atoms with Crippen molar-refractivity contribution in [3.63, 3.8) is 0 Å². The van der Waals surface area contributed by atoms with Gasteiger partial charge in [0.05, 0.1) is 6.61 Å². The summed E-state index contributed by atoms with van der Waals surface area (Å²) in [7, 11) is 0. The molecule has 2 N–H and O–H groups in total. The number of pyridine rings is 1. The minimum atomic E-state index is 0.414. The first-order chi connectivity index (χ1) is 6.24. The van der Waals surface area contributed by atoms with E-state index >= 15 is 0 Å². The van der Waals surface area contributed by atoms with Crippen LogP contribution in [0.5, 0.6) is 5.75 Å². The van der Waals surface area contributed by atoms with Crippen LogP contribution in [-0.4, -0.2) is 18.1 Å². The van der Waals surface area contributed by atoms with Crippen molar-refractivity contribution in [2.45, 2.75) is 13.3 Å². The van der Waals surface area contributed by atoms with E-state index < -0.39 is 0 Å². The van der Waals surface area contributed by atoms with E-state index in [0.717, 1.165) is 12.1 Å². The second-order valence-electron chi connectivity index (χ2n) is 2.73.